The van der Waals surface area contributed by atoms with Crippen LogP contribution in [0.25, 0.3) is 0 Å². The molecule has 0 heterocycles. The molecule has 0 aliphatic carbocycles. The Morgan fingerprint density at radius 1 is 1.00 bits per heavy atom. The molecule has 2 rings (SSSR count). The highest BCUT2D eigenvalue weighted by Crippen LogP contribution is 2.23. The van der Waals surface area contributed by atoms with E-state index < -0.39 is 6.04 Å². The first-order valence-corrected chi connectivity index (χ1v) is 8.48. The van der Waals surface area contributed by atoms with Crippen LogP contribution in [-0.4, -0.2) is 29.9 Å². The monoisotopic (exact) mass is 357 g/mol. The highest BCUT2D eigenvalue weighted by Gasteiger charge is 2.21. The second-order valence-corrected chi connectivity index (χ2v) is 6.44. The molecule has 138 valence electrons. The average Bonchev–Trinajstić information content (AvgIpc) is 2.60. The van der Waals surface area contributed by atoms with E-state index in [0.717, 1.165) is 0 Å². The first-order chi connectivity index (χ1) is 12.3. The third-order valence-electron chi connectivity index (χ3n) is 4.07. The molecule has 5 nitrogen and oxygen atoms in total. The Hall–Kier alpha value is -2.89. The van der Waals surface area contributed by atoms with Gasteiger partial charge < -0.3 is 15.5 Å². The molecule has 0 radical (unpaired) electrons. The fourth-order valence-corrected chi connectivity index (χ4v) is 2.53. The number of benzene rings is 2. The van der Waals surface area contributed by atoms with Crippen LogP contribution >= 0.6 is 0 Å². The van der Waals surface area contributed by atoms with Gasteiger partial charge in [-0.1, -0.05) is 18.2 Å². The number of carbonyl (C=O) groups is 2. The van der Waals surface area contributed by atoms with Crippen molar-refractivity contribution < 1.29 is 14.0 Å². The van der Waals surface area contributed by atoms with E-state index in [-0.39, 0.29) is 23.8 Å². The van der Waals surface area contributed by atoms with Crippen molar-refractivity contribution in [3.63, 3.8) is 0 Å². The maximum Gasteiger partial charge on any atom is 0.319 e. The number of nitrogens with zero attached hydrogens (tertiary/aromatic N) is 1. The van der Waals surface area contributed by atoms with Gasteiger partial charge in [-0.05, 0) is 51.1 Å². The Bertz CT molecular complexity index is 775. The summed E-state index contributed by atoms with van der Waals surface area (Å²) < 4.78 is 13.9. The molecule has 0 saturated heterocycles. The van der Waals surface area contributed by atoms with Gasteiger partial charge in [-0.25, -0.2) is 9.18 Å². The number of amides is 3. The van der Waals surface area contributed by atoms with Crippen molar-refractivity contribution in [1.82, 2.24) is 10.2 Å². The molecule has 6 heteroatoms. The molecular weight excluding hydrogens is 333 g/mol. The zero-order valence-electron chi connectivity index (χ0n) is 15.4. The first-order valence-electron chi connectivity index (χ1n) is 8.48. The van der Waals surface area contributed by atoms with Crippen molar-refractivity contribution in [3.05, 3.63) is 65.5 Å². The van der Waals surface area contributed by atoms with Crippen LogP contribution in [0, 0.1) is 5.82 Å². The summed E-state index contributed by atoms with van der Waals surface area (Å²) in [6.07, 6.45) is 0. The third-order valence-corrected chi connectivity index (χ3v) is 4.07. The van der Waals surface area contributed by atoms with Gasteiger partial charge in [-0.3, -0.25) is 4.79 Å². The van der Waals surface area contributed by atoms with Gasteiger partial charge in [0.05, 0.1) is 6.04 Å². The quantitative estimate of drug-likeness (QED) is 0.843. The van der Waals surface area contributed by atoms with E-state index in [4.69, 9.17) is 0 Å². The molecule has 2 aromatic rings. The molecule has 0 spiro atoms. The number of anilines is 1. The standard InChI is InChI=1S/C20H24FN3O2/c1-13(2)22-20(26)23-16-11-9-15(10-12-16)19(25)24(4)14(3)17-7-5-6-8-18(17)21/h5-14H,1-4H3,(H2,22,23,26). The van der Waals surface area contributed by atoms with E-state index in [1.807, 2.05) is 13.8 Å². The van der Waals surface area contributed by atoms with Crippen LogP contribution in [-0.2, 0) is 0 Å². The lowest BCUT2D eigenvalue weighted by molar-refractivity contribution is 0.0740. The van der Waals surface area contributed by atoms with Crippen LogP contribution in [0.3, 0.4) is 0 Å². The molecule has 0 bridgehead atoms. The summed E-state index contributed by atoms with van der Waals surface area (Å²) in [6.45, 7) is 5.52. The Morgan fingerprint density at radius 2 is 1.62 bits per heavy atom. The number of urea groups is 1. The number of hydrogen-bond donors (Lipinski definition) is 2. The number of rotatable bonds is 5. The van der Waals surface area contributed by atoms with Crippen LogP contribution in [0.15, 0.2) is 48.5 Å². The van der Waals surface area contributed by atoms with Gasteiger partial charge in [0, 0.05) is 29.9 Å². The first kappa shape index (κ1) is 19.4. The van der Waals surface area contributed by atoms with Crippen LogP contribution in [0.4, 0.5) is 14.9 Å². The molecule has 0 aliphatic rings. The molecule has 2 N–H and O–H groups in total. The van der Waals surface area contributed by atoms with E-state index >= 15 is 0 Å². The van der Waals surface area contributed by atoms with Crippen molar-refractivity contribution in [2.45, 2.75) is 32.9 Å². The van der Waals surface area contributed by atoms with Gasteiger partial charge in [0.1, 0.15) is 5.82 Å². The van der Waals surface area contributed by atoms with Gasteiger partial charge >= 0.3 is 6.03 Å². The van der Waals surface area contributed by atoms with Gasteiger partial charge in [0.2, 0.25) is 0 Å². The van der Waals surface area contributed by atoms with E-state index in [2.05, 4.69) is 10.6 Å². The van der Waals surface area contributed by atoms with Gasteiger partial charge in [0.15, 0.2) is 0 Å². The van der Waals surface area contributed by atoms with Gasteiger partial charge in [-0.15, -0.1) is 0 Å². The van der Waals surface area contributed by atoms with Crippen molar-refractivity contribution >= 4 is 17.6 Å². The molecule has 0 saturated carbocycles. The normalized spacial score (nSPS) is 11.8. The summed E-state index contributed by atoms with van der Waals surface area (Å²) in [5, 5.41) is 5.42. The lowest BCUT2D eigenvalue weighted by Gasteiger charge is -2.26. The summed E-state index contributed by atoms with van der Waals surface area (Å²) >= 11 is 0. The molecule has 26 heavy (non-hydrogen) atoms. The Balaban J connectivity index is 2.07. The summed E-state index contributed by atoms with van der Waals surface area (Å²) in [5.74, 6) is -0.561. The molecular formula is C20H24FN3O2. The SMILES string of the molecule is CC(C)NC(=O)Nc1ccc(C(=O)N(C)C(C)c2ccccc2F)cc1. The van der Waals surface area contributed by atoms with E-state index in [0.29, 0.717) is 16.8 Å². The third kappa shape index (κ3) is 4.81. The second-order valence-electron chi connectivity index (χ2n) is 6.44. The second kappa shape index (κ2) is 8.47. The molecule has 1 atom stereocenters. The lowest BCUT2D eigenvalue weighted by Crippen LogP contribution is -2.34. The van der Waals surface area contributed by atoms with E-state index in [1.165, 1.54) is 11.0 Å². The zero-order valence-corrected chi connectivity index (χ0v) is 15.4. The van der Waals surface area contributed by atoms with E-state index in [1.54, 1.807) is 56.4 Å². The number of halogens is 1. The largest absolute Gasteiger partial charge is 0.336 e. The molecule has 1 unspecified atom stereocenters. The molecule has 0 aromatic heterocycles. The zero-order chi connectivity index (χ0) is 19.3. The summed E-state index contributed by atoms with van der Waals surface area (Å²) in [5.41, 5.74) is 1.52. The fraction of sp³-hybridized carbons (Fsp3) is 0.300. The van der Waals surface area contributed by atoms with Crippen molar-refractivity contribution in [1.29, 1.82) is 0 Å². The molecule has 0 aliphatic heterocycles. The van der Waals surface area contributed by atoms with Crippen molar-refractivity contribution in [2.24, 2.45) is 0 Å². The predicted molar refractivity (Wildman–Crippen MR) is 101 cm³/mol. The number of nitrogens with one attached hydrogen (secondary N) is 2. The smallest absolute Gasteiger partial charge is 0.319 e. The summed E-state index contributed by atoms with van der Waals surface area (Å²) in [6, 6.07) is 12.3. The minimum absolute atomic E-state index is 0.0318. The Labute approximate surface area is 153 Å². The predicted octanol–water partition coefficient (Wildman–Crippen LogP) is 4.19. The van der Waals surface area contributed by atoms with E-state index in [9.17, 15) is 14.0 Å². The minimum atomic E-state index is -0.404. The number of hydrogen-bond acceptors (Lipinski definition) is 2. The molecule has 3 amide bonds. The Morgan fingerprint density at radius 3 is 2.19 bits per heavy atom. The minimum Gasteiger partial charge on any atom is -0.336 e. The highest BCUT2D eigenvalue weighted by atomic mass is 19.1. The summed E-state index contributed by atoms with van der Waals surface area (Å²) in [7, 11) is 1.64. The van der Waals surface area contributed by atoms with Crippen molar-refractivity contribution in [3.8, 4) is 0 Å². The van der Waals surface area contributed by atoms with Gasteiger partial charge in [-0.2, -0.15) is 0 Å². The molecule has 0 fully saturated rings. The topological polar surface area (TPSA) is 61.4 Å². The Kier molecular flexibility index (Phi) is 6.33. The lowest BCUT2D eigenvalue weighted by atomic mass is 10.1. The van der Waals surface area contributed by atoms with Crippen LogP contribution < -0.4 is 10.6 Å². The van der Waals surface area contributed by atoms with Gasteiger partial charge in [0.25, 0.3) is 5.91 Å². The summed E-state index contributed by atoms with van der Waals surface area (Å²) in [4.78, 5) is 25.8. The highest BCUT2D eigenvalue weighted by molar-refractivity contribution is 5.95. The van der Waals surface area contributed by atoms with Crippen LogP contribution in [0.5, 0.6) is 0 Å². The average molecular weight is 357 g/mol. The number of carbonyl (C=O) groups excluding carboxylic acids is 2. The van der Waals surface area contributed by atoms with Crippen LogP contribution in [0.2, 0.25) is 0 Å². The molecule has 2 aromatic carbocycles. The maximum atomic E-state index is 13.9. The van der Waals surface area contributed by atoms with Crippen LogP contribution in [0.1, 0.15) is 42.7 Å². The maximum absolute atomic E-state index is 13.9. The fourth-order valence-electron chi connectivity index (χ4n) is 2.53. The van der Waals surface area contributed by atoms with Crippen molar-refractivity contribution in [2.75, 3.05) is 12.4 Å².